The maximum atomic E-state index is 12.7. The number of sulfonamides is 1. The van der Waals surface area contributed by atoms with Crippen LogP contribution in [0.25, 0.3) is 0 Å². The summed E-state index contributed by atoms with van der Waals surface area (Å²) in [4.78, 5) is 12.6. The zero-order valence-electron chi connectivity index (χ0n) is 14.7. The van der Waals surface area contributed by atoms with Gasteiger partial charge in [-0.2, -0.15) is 0 Å². The first-order valence-electron chi connectivity index (χ1n) is 9.10. The molecule has 0 spiro atoms. The first kappa shape index (κ1) is 18.4. The van der Waals surface area contributed by atoms with E-state index in [2.05, 4.69) is 15.4 Å². The van der Waals surface area contributed by atoms with Crippen molar-refractivity contribution >= 4 is 15.9 Å². The van der Waals surface area contributed by atoms with Crippen LogP contribution in [0.15, 0.2) is 23.1 Å². The fourth-order valence-electron chi connectivity index (χ4n) is 3.61. The van der Waals surface area contributed by atoms with E-state index < -0.39 is 10.0 Å². The number of benzene rings is 1. The largest absolute Gasteiger partial charge is 0.350 e. The second-order valence-corrected chi connectivity index (χ2v) is 8.77. The van der Waals surface area contributed by atoms with Crippen LogP contribution in [-0.4, -0.2) is 39.5 Å². The van der Waals surface area contributed by atoms with E-state index in [0.717, 1.165) is 45.1 Å². The van der Waals surface area contributed by atoms with Crippen LogP contribution in [0.4, 0.5) is 0 Å². The molecule has 2 aliphatic rings. The van der Waals surface area contributed by atoms with Crippen molar-refractivity contribution in [1.29, 1.82) is 0 Å². The van der Waals surface area contributed by atoms with Gasteiger partial charge >= 0.3 is 0 Å². The number of hydrogen-bond acceptors (Lipinski definition) is 4. The Bertz CT molecular complexity index is 721. The molecule has 0 bridgehead atoms. The smallest absolute Gasteiger partial charge is 0.251 e. The van der Waals surface area contributed by atoms with Crippen LogP contribution in [0.2, 0.25) is 0 Å². The van der Waals surface area contributed by atoms with Crippen molar-refractivity contribution in [2.45, 2.75) is 62.4 Å². The molecule has 6 nitrogen and oxygen atoms in total. The van der Waals surface area contributed by atoms with Gasteiger partial charge in [0.2, 0.25) is 10.0 Å². The average molecular weight is 365 g/mol. The van der Waals surface area contributed by atoms with Gasteiger partial charge in [-0.05, 0) is 56.8 Å². The van der Waals surface area contributed by atoms with Crippen LogP contribution in [0.1, 0.15) is 54.4 Å². The lowest BCUT2D eigenvalue weighted by Gasteiger charge is -2.16. The lowest BCUT2D eigenvalue weighted by Crippen LogP contribution is -2.37. The summed E-state index contributed by atoms with van der Waals surface area (Å²) in [5, 5.41) is 6.22. The zero-order chi connectivity index (χ0) is 17.9. The Balaban J connectivity index is 1.71. The van der Waals surface area contributed by atoms with Crippen LogP contribution in [0, 0.1) is 6.92 Å². The molecule has 1 aliphatic heterocycles. The van der Waals surface area contributed by atoms with Gasteiger partial charge in [0.25, 0.3) is 5.91 Å². The van der Waals surface area contributed by atoms with Gasteiger partial charge in [0.1, 0.15) is 0 Å². The summed E-state index contributed by atoms with van der Waals surface area (Å²) in [5.74, 6) is -0.231. The SMILES string of the molecule is Cc1ccc(C(=O)NCC2CCCN2)cc1S(=O)(=O)NC1CCCC1. The van der Waals surface area contributed by atoms with Crippen LogP contribution < -0.4 is 15.4 Å². The quantitative estimate of drug-likeness (QED) is 0.716. The summed E-state index contributed by atoms with van der Waals surface area (Å²) in [5.41, 5.74) is 1.04. The molecule has 25 heavy (non-hydrogen) atoms. The molecule has 2 fully saturated rings. The van der Waals surface area contributed by atoms with Crippen molar-refractivity contribution in [2.75, 3.05) is 13.1 Å². The first-order chi connectivity index (χ1) is 12.0. The summed E-state index contributed by atoms with van der Waals surface area (Å²) in [7, 11) is -3.60. The molecule has 3 N–H and O–H groups in total. The maximum Gasteiger partial charge on any atom is 0.251 e. The number of amides is 1. The molecule has 138 valence electrons. The minimum Gasteiger partial charge on any atom is -0.350 e. The van der Waals surface area contributed by atoms with Gasteiger partial charge in [0.15, 0.2) is 0 Å². The molecule has 1 saturated heterocycles. The monoisotopic (exact) mass is 365 g/mol. The van der Waals surface area contributed by atoms with Crippen molar-refractivity contribution < 1.29 is 13.2 Å². The van der Waals surface area contributed by atoms with Crippen LogP contribution in [-0.2, 0) is 10.0 Å². The number of nitrogens with one attached hydrogen (secondary N) is 3. The highest BCUT2D eigenvalue weighted by Crippen LogP contribution is 2.22. The second kappa shape index (κ2) is 7.85. The Morgan fingerprint density at radius 2 is 1.96 bits per heavy atom. The minimum absolute atomic E-state index is 0.00956. The maximum absolute atomic E-state index is 12.7. The molecule has 1 aromatic rings. The van der Waals surface area contributed by atoms with E-state index in [1.807, 2.05) is 0 Å². The van der Waals surface area contributed by atoms with Gasteiger partial charge in [-0.1, -0.05) is 18.9 Å². The summed E-state index contributed by atoms with van der Waals surface area (Å²) < 4.78 is 28.2. The van der Waals surface area contributed by atoms with Crippen molar-refractivity contribution in [2.24, 2.45) is 0 Å². The van der Waals surface area contributed by atoms with Crippen molar-refractivity contribution in [3.63, 3.8) is 0 Å². The number of carbonyl (C=O) groups excluding carboxylic acids is 1. The predicted octanol–water partition coefficient (Wildman–Crippen LogP) is 1.70. The molecule has 7 heteroatoms. The lowest BCUT2D eigenvalue weighted by atomic mass is 10.1. The topological polar surface area (TPSA) is 87.3 Å². The summed E-state index contributed by atoms with van der Waals surface area (Å²) in [6.45, 7) is 3.31. The summed E-state index contributed by atoms with van der Waals surface area (Å²) in [6, 6.07) is 5.19. The lowest BCUT2D eigenvalue weighted by molar-refractivity contribution is 0.0950. The number of rotatable bonds is 6. The fraction of sp³-hybridized carbons (Fsp3) is 0.611. The molecular formula is C18H27N3O3S. The van der Waals surface area contributed by atoms with Gasteiger partial charge in [0, 0.05) is 24.2 Å². The molecular weight excluding hydrogens is 338 g/mol. The van der Waals surface area contributed by atoms with E-state index in [1.54, 1.807) is 19.1 Å². The van der Waals surface area contributed by atoms with Gasteiger partial charge in [0.05, 0.1) is 4.90 Å². The molecule has 3 rings (SSSR count). The highest BCUT2D eigenvalue weighted by molar-refractivity contribution is 7.89. The van der Waals surface area contributed by atoms with Crippen molar-refractivity contribution in [1.82, 2.24) is 15.4 Å². The highest BCUT2D eigenvalue weighted by Gasteiger charge is 2.25. The number of aryl methyl sites for hydroxylation is 1. The van der Waals surface area contributed by atoms with E-state index >= 15 is 0 Å². The third kappa shape index (κ3) is 4.59. The number of carbonyl (C=O) groups is 1. The van der Waals surface area contributed by atoms with Crippen LogP contribution in [0.5, 0.6) is 0 Å². The van der Waals surface area contributed by atoms with Gasteiger partial charge in [-0.15, -0.1) is 0 Å². The Morgan fingerprint density at radius 1 is 1.20 bits per heavy atom. The number of hydrogen-bond donors (Lipinski definition) is 3. The molecule has 1 amide bonds. The molecule has 1 saturated carbocycles. The van der Waals surface area contributed by atoms with E-state index in [0.29, 0.717) is 23.7 Å². The first-order valence-corrected chi connectivity index (χ1v) is 10.6. The standard InChI is InChI=1S/C18H27N3O3S/c1-13-8-9-14(18(22)20-12-16-7-4-10-19-16)11-17(13)25(23,24)21-15-5-2-3-6-15/h8-9,11,15-16,19,21H,2-7,10,12H2,1H3,(H,20,22). The Morgan fingerprint density at radius 3 is 2.64 bits per heavy atom. The molecule has 1 unspecified atom stereocenters. The van der Waals surface area contributed by atoms with E-state index in [9.17, 15) is 13.2 Å². The molecule has 1 heterocycles. The predicted molar refractivity (Wildman–Crippen MR) is 97.1 cm³/mol. The van der Waals surface area contributed by atoms with Gasteiger partial charge in [-0.25, -0.2) is 13.1 Å². The Kier molecular flexibility index (Phi) is 5.76. The van der Waals surface area contributed by atoms with Crippen molar-refractivity contribution in [3.8, 4) is 0 Å². The molecule has 0 aromatic heterocycles. The van der Waals surface area contributed by atoms with Gasteiger partial charge < -0.3 is 10.6 Å². The van der Waals surface area contributed by atoms with E-state index in [4.69, 9.17) is 0 Å². The zero-order valence-corrected chi connectivity index (χ0v) is 15.5. The Labute approximate surface area is 149 Å². The molecule has 1 atom stereocenters. The third-order valence-electron chi connectivity index (χ3n) is 5.09. The fourth-order valence-corrected chi connectivity index (χ4v) is 5.18. The summed E-state index contributed by atoms with van der Waals surface area (Å²) >= 11 is 0. The normalized spacial score (nSPS) is 21.6. The molecule has 1 aromatic carbocycles. The van der Waals surface area contributed by atoms with Crippen LogP contribution in [0.3, 0.4) is 0 Å². The van der Waals surface area contributed by atoms with Gasteiger partial charge in [-0.3, -0.25) is 4.79 Å². The highest BCUT2D eigenvalue weighted by atomic mass is 32.2. The van der Waals surface area contributed by atoms with Crippen molar-refractivity contribution in [3.05, 3.63) is 29.3 Å². The van der Waals surface area contributed by atoms with E-state index in [-0.39, 0.29) is 16.8 Å². The van der Waals surface area contributed by atoms with E-state index in [1.165, 1.54) is 6.07 Å². The summed E-state index contributed by atoms with van der Waals surface area (Å²) in [6.07, 6.45) is 6.06. The second-order valence-electron chi connectivity index (χ2n) is 7.09. The third-order valence-corrected chi connectivity index (χ3v) is 6.75. The average Bonchev–Trinajstić information content (AvgIpc) is 3.26. The van der Waals surface area contributed by atoms with Crippen LogP contribution >= 0.6 is 0 Å². The Hall–Kier alpha value is -1.44. The molecule has 1 aliphatic carbocycles. The minimum atomic E-state index is -3.60. The molecule has 0 radical (unpaired) electrons.